The van der Waals surface area contributed by atoms with Gasteiger partial charge in [-0.3, -0.25) is 4.79 Å². The first-order chi connectivity index (χ1) is 11.8. The van der Waals surface area contributed by atoms with Gasteiger partial charge < -0.3 is 5.32 Å². The first-order valence-electron chi connectivity index (χ1n) is 7.75. The lowest BCUT2D eigenvalue weighted by molar-refractivity contribution is 0.102. The Morgan fingerprint density at radius 3 is 2.60 bits per heavy atom. The van der Waals surface area contributed by atoms with E-state index in [1.165, 1.54) is 23.6 Å². The van der Waals surface area contributed by atoms with Gasteiger partial charge in [0.25, 0.3) is 5.91 Å². The molecule has 25 heavy (non-hydrogen) atoms. The maximum absolute atomic E-state index is 12.7. The van der Waals surface area contributed by atoms with Crippen molar-refractivity contribution in [3.8, 4) is 0 Å². The summed E-state index contributed by atoms with van der Waals surface area (Å²) in [6.45, 7) is 4.02. The maximum Gasteiger partial charge on any atom is 0.256 e. The van der Waals surface area contributed by atoms with Gasteiger partial charge in [-0.2, -0.15) is 0 Å². The molecule has 1 amide bonds. The Labute approximate surface area is 152 Å². The molecule has 0 spiro atoms. The Bertz CT molecular complexity index is 867. The van der Waals surface area contributed by atoms with Gasteiger partial charge in [-0.15, -0.1) is 0 Å². The number of aromatic nitrogens is 1. The van der Waals surface area contributed by atoms with E-state index in [0.29, 0.717) is 29.4 Å². The van der Waals surface area contributed by atoms with Gasteiger partial charge in [0, 0.05) is 25.4 Å². The number of hydrogen-bond acceptors (Lipinski definition) is 4. The highest BCUT2D eigenvalue weighted by Gasteiger charge is 2.23. The minimum absolute atomic E-state index is 0.125. The molecule has 6 nitrogen and oxygen atoms in total. The summed E-state index contributed by atoms with van der Waals surface area (Å²) in [5.41, 5.74) is 0.829. The summed E-state index contributed by atoms with van der Waals surface area (Å²) < 4.78 is 26.7. The Balaban J connectivity index is 2.31. The highest BCUT2D eigenvalue weighted by Crippen LogP contribution is 2.21. The van der Waals surface area contributed by atoms with Crippen molar-refractivity contribution in [3.05, 3.63) is 52.7 Å². The van der Waals surface area contributed by atoms with Crippen molar-refractivity contribution < 1.29 is 13.2 Å². The molecule has 0 bridgehead atoms. The largest absolute Gasteiger partial charge is 0.307 e. The van der Waals surface area contributed by atoms with Gasteiger partial charge in [-0.1, -0.05) is 24.6 Å². The van der Waals surface area contributed by atoms with Crippen molar-refractivity contribution in [1.82, 2.24) is 9.29 Å². The average molecular weight is 382 g/mol. The summed E-state index contributed by atoms with van der Waals surface area (Å²) in [6, 6.07) is 7.77. The zero-order valence-corrected chi connectivity index (χ0v) is 15.9. The number of carbonyl (C=O) groups is 1. The van der Waals surface area contributed by atoms with Crippen molar-refractivity contribution in [2.75, 3.05) is 18.9 Å². The molecule has 134 valence electrons. The fraction of sp³-hybridized carbons (Fsp3) is 0.294. The summed E-state index contributed by atoms with van der Waals surface area (Å²) in [6.07, 6.45) is 2.12. The van der Waals surface area contributed by atoms with Crippen LogP contribution >= 0.6 is 11.6 Å². The molecule has 0 saturated carbocycles. The zero-order chi connectivity index (χ0) is 18.6. The molecule has 2 aromatic rings. The van der Waals surface area contributed by atoms with E-state index in [1.807, 2.05) is 6.92 Å². The van der Waals surface area contributed by atoms with Crippen LogP contribution in [-0.2, 0) is 10.0 Å². The first-order valence-corrected chi connectivity index (χ1v) is 9.57. The standard InChI is InChI=1S/C17H20ClN3O3S/c1-4-9-21(3)25(23,24)15-10-13(6-5-12(15)2)17(22)20-16-8-7-14(18)11-19-16/h5-8,10-11H,4,9H2,1-3H3,(H,19,20,22). The summed E-state index contributed by atoms with van der Waals surface area (Å²) in [5, 5.41) is 3.08. The maximum atomic E-state index is 12.7. The number of anilines is 1. The van der Waals surface area contributed by atoms with Gasteiger partial charge >= 0.3 is 0 Å². The third-order valence-electron chi connectivity index (χ3n) is 3.65. The van der Waals surface area contributed by atoms with E-state index in [2.05, 4.69) is 10.3 Å². The number of sulfonamides is 1. The Morgan fingerprint density at radius 2 is 2.00 bits per heavy atom. The topological polar surface area (TPSA) is 79.4 Å². The van der Waals surface area contributed by atoms with Crippen LogP contribution in [0.1, 0.15) is 29.3 Å². The highest BCUT2D eigenvalue weighted by atomic mass is 35.5. The van der Waals surface area contributed by atoms with Gasteiger partial charge in [0.05, 0.1) is 9.92 Å². The lowest BCUT2D eigenvalue weighted by Crippen LogP contribution is -2.28. The van der Waals surface area contributed by atoms with Crippen LogP contribution in [0.15, 0.2) is 41.4 Å². The number of nitrogens with one attached hydrogen (secondary N) is 1. The molecular formula is C17H20ClN3O3S. The fourth-order valence-electron chi connectivity index (χ4n) is 2.26. The van der Waals surface area contributed by atoms with Crippen LogP contribution in [0.25, 0.3) is 0 Å². The van der Waals surface area contributed by atoms with Crippen LogP contribution in [0, 0.1) is 6.92 Å². The SMILES string of the molecule is CCCN(C)S(=O)(=O)c1cc(C(=O)Nc2ccc(Cl)cn2)ccc1C. The molecule has 0 fully saturated rings. The molecule has 2 rings (SSSR count). The van der Waals surface area contributed by atoms with Gasteiger partial charge in [-0.05, 0) is 43.2 Å². The molecule has 0 aliphatic rings. The highest BCUT2D eigenvalue weighted by molar-refractivity contribution is 7.89. The number of nitrogens with zero attached hydrogens (tertiary/aromatic N) is 2. The molecule has 0 atom stereocenters. The predicted octanol–water partition coefficient (Wildman–Crippen LogP) is 3.33. The lowest BCUT2D eigenvalue weighted by atomic mass is 10.1. The zero-order valence-electron chi connectivity index (χ0n) is 14.3. The van der Waals surface area contributed by atoms with E-state index in [4.69, 9.17) is 11.6 Å². The quantitative estimate of drug-likeness (QED) is 0.832. The summed E-state index contributed by atoms with van der Waals surface area (Å²) in [7, 11) is -2.12. The molecule has 0 aliphatic heterocycles. The Hall–Kier alpha value is -1.96. The van der Waals surface area contributed by atoms with Crippen LogP contribution < -0.4 is 5.32 Å². The predicted molar refractivity (Wildman–Crippen MR) is 98.5 cm³/mol. The smallest absolute Gasteiger partial charge is 0.256 e. The van der Waals surface area contributed by atoms with Crippen molar-refractivity contribution in [2.24, 2.45) is 0 Å². The van der Waals surface area contributed by atoms with Gasteiger partial charge in [0.15, 0.2) is 0 Å². The van der Waals surface area contributed by atoms with Crippen LogP contribution in [0.5, 0.6) is 0 Å². The van der Waals surface area contributed by atoms with Crippen LogP contribution in [-0.4, -0.2) is 37.2 Å². The number of carbonyl (C=O) groups excluding carboxylic acids is 1. The number of aryl methyl sites for hydroxylation is 1. The van der Waals surface area contributed by atoms with Gasteiger partial charge in [0.1, 0.15) is 5.82 Å². The number of rotatable bonds is 6. The molecule has 1 N–H and O–H groups in total. The molecule has 1 aromatic heterocycles. The third-order valence-corrected chi connectivity index (χ3v) is 5.87. The van der Waals surface area contributed by atoms with Gasteiger partial charge in [0.2, 0.25) is 10.0 Å². The normalized spacial score (nSPS) is 11.6. The van der Waals surface area contributed by atoms with E-state index < -0.39 is 15.9 Å². The number of halogens is 1. The molecule has 0 radical (unpaired) electrons. The lowest BCUT2D eigenvalue weighted by Gasteiger charge is -2.18. The van der Waals surface area contributed by atoms with E-state index >= 15 is 0 Å². The fourth-order valence-corrected chi connectivity index (χ4v) is 3.88. The van der Waals surface area contributed by atoms with E-state index in [-0.39, 0.29) is 10.5 Å². The third kappa shape index (κ3) is 4.56. The van der Waals surface area contributed by atoms with Crippen molar-refractivity contribution in [3.63, 3.8) is 0 Å². The summed E-state index contributed by atoms with van der Waals surface area (Å²) in [4.78, 5) is 16.5. The van der Waals surface area contributed by atoms with Gasteiger partial charge in [-0.25, -0.2) is 17.7 Å². The molecule has 0 saturated heterocycles. The van der Waals surface area contributed by atoms with Crippen molar-refractivity contribution in [1.29, 1.82) is 0 Å². The number of hydrogen-bond donors (Lipinski definition) is 1. The summed E-state index contributed by atoms with van der Waals surface area (Å²) in [5.74, 6) is -0.105. The average Bonchev–Trinajstić information content (AvgIpc) is 2.57. The molecule has 1 heterocycles. The monoisotopic (exact) mass is 381 g/mol. The molecule has 8 heteroatoms. The second-order valence-electron chi connectivity index (χ2n) is 5.62. The van der Waals surface area contributed by atoms with Crippen LogP contribution in [0.3, 0.4) is 0 Å². The second-order valence-corrected chi connectivity index (χ2v) is 8.07. The number of pyridine rings is 1. The second kappa shape index (κ2) is 7.95. The molecule has 0 unspecified atom stereocenters. The molecule has 1 aromatic carbocycles. The van der Waals surface area contributed by atoms with E-state index in [9.17, 15) is 13.2 Å². The molecular weight excluding hydrogens is 362 g/mol. The van der Waals surface area contributed by atoms with E-state index in [1.54, 1.807) is 31.2 Å². The van der Waals surface area contributed by atoms with Crippen molar-refractivity contribution >= 4 is 33.3 Å². The minimum Gasteiger partial charge on any atom is -0.307 e. The summed E-state index contributed by atoms with van der Waals surface area (Å²) >= 11 is 5.76. The number of amides is 1. The Morgan fingerprint density at radius 1 is 1.28 bits per heavy atom. The molecule has 0 aliphatic carbocycles. The first kappa shape index (κ1) is 19.4. The van der Waals surface area contributed by atoms with E-state index in [0.717, 1.165) is 0 Å². The number of benzene rings is 1. The van der Waals surface area contributed by atoms with Crippen LogP contribution in [0.2, 0.25) is 5.02 Å². The minimum atomic E-state index is -3.65. The van der Waals surface area contributed by atoms with Crippen LogP contribution in [0.4, 0.5) is 5.82 Å². The Kier molecular flexibility index (Phi) is 6.16. The van der Waals surface area contributed by atoms with Crippen molar-refractivity contribution in [2.45, 2.75) is 25.2 Å².